The maximum absolute atomic E-state index is 13.2. The van der Waals surface area contributed by atoms with Gasteiger partial charge in [-0.05, 0) is 37.6 Å². The molecule has 3 heterocycles. The zero-order valence-corrected chi connectivity index (χ0v) is 17.5. The first-order valence-corrected chi connectivity index (χ1v) is 10.2. The van der Waals surface area contributed by atoms with Crippen molar-refractivity contribution in [3.05, 3.63) is 69.3 Å². The van der Waals surface area contributed by atoms with E-state index in [0.29, 0.717) is 22.5 Å². The molecule has 0 atom stereocenters. The Labute approximate surface area is 176 Å². The topological polar surface area (TPSA) is 73.5 Å². The van der Waals surface area contributed by atoms with Crippen LogP contribution < -0.4 is 5.32 Å². The van der Waals surface area contributed by atoms with Gasteiger partial charge in [0.15, 0.2) is 5.82 Å². The van der Waals surface area contributed by atoms with E-state index in [9.17, 15) is 4.39 Å². The molecule has 4 rings (SSSR count). The Hall–Kier alpha value is -2.78. The standard InChI is InChI=1S/C19H19ClFN7S/c1-12-9-13(2)28(25-12)8-6-18-23-24-19(29-18)22-17-5-7-27(26-17)11-14-3-4-15(21)10-16(14)20/h3-5,7,9-10H,6,8,11H2,1-2H3,(H,22,24,26). The summed E-state index contributed by atoms with van der Waals surface area (Å²) in [5.74, 6) is 0.302. The number of rotatable bonds is 7. The smallest absolute Gasteiger partial charge is 0.211 e. The van der Waals surface area contributed by atoms with Gasteiger partial charge in [-0.1, -0.05) is 29.0 Å². The van der Waals surface area contributed by atoms with Crippen molar-refractivity contribution in [1.29, 1.82) is 0 Å². The number of hydrogen-bond donors (Lipinski definition) is 1. The highest BCUT2D eigenvalue weighted by atomic mass is 35.5. The van der Waals surface area contributed by atoms with Gasteiger partial charge in [-0.25, -0.2) is 4.39 Å². The lowest BCUT2D eigenvalue weighted by Gasteiger charge is -2.04. The molecular weight excluding hydrogens is 413 g/mol. The molecule has 0 fully saturated rings. The van der Waals surface area contributed by atoms with Crippen LogP contribution in [0, 0.1) is 19.7 Å². The molecule has 0 aliphatic carbocycles. The van der Waals surface area contributed by atoms with Gasteiger partial charge >= 0.3 is 0 Å². The van der Waals surface area contributed by atoms with Gasteiger partial charge in [0.25, 0.3) is 0 Å². The molecule has 0 aliphatic rings. The number of benzene rings is 1. The Balaban J connectivity index is 1.36. The minimum absolute atomic E-state index is 0.355. The van der Waals surface area contributed by atoms with Crippen LogP contribution in [0.25, 0.3) is 0 Å². The van der Waals surface area contributed by atoms with Gasteiger partial charge in [0, 0.05) is 35.9 Å². The molecule has 1 N–H and O–H groups in total. The lowest BCUT2D eigenvalue weighted by atomic mass is 10.2. The van der Waals surface area contributed by atoms with Gasteiger partial charge in [0.2, 0.25) is 5.13 Å². The molecule has 3 aromatic heterocycles. The van der Waals surface area contributed by atoms with E-state index < -0.39 is 0 Å². The molecule has 1 aromatic carbocycles. The first-order chi connectivity index (χ1) is 14.0. The normalized spacial score (nSPS) is 11.2. The molecule has 29 heavy (non-hydrogen) atoms. The van der Waals surface area contributed by atoms with Crippen LogP contribution in [0.15, 0.2) is 36.5 Å². The van der Waals surface area contributed by atoms with E-state index in [-0.39, 0.29) is 5.82 Å². The van der Waals surface area contributed by atoms with Crippen molar-refractivity contribution in [1.82, 2.24) is 29.8 Å². The number of hydrogen-bond acceptors (Lipinski definition) is 6. The van der Waals surface area contributed by atoms with Crippen LogP contribution in [0.3, 0.4) is 0 Å². The SMILES string of the molecule is Cc1cc(C)n(CCc2nnc(Nc3ccn(Cc4ccc(F)cc4Cl)n3)s2)n1. The maximum Gasteiger partial charge on any atom is 0.211 e. The summed E-state index contributed by atoms with van der Waals surface area (Å²) in [4.78, 5) is 0. The van der Waals surface area contributed by atoms with Crippen LogP contribution in [0.4, 0.5) is 15.3 Å². The second kappa shape index (κ2) is 8.30. The number of nitrogens with one attached hydrogen (secondary N) is 1. The number of aromatic nitrogens is 6. The molecule has 10 heteroatoms. The van der Waals surface area contributed by atoms with Crippen molar-refractivity contribution in [2.45, 2.75) is 33.4 Å². The molecule has 0 saturated carbocycles. The summed E-state index contributed by atoms with van der Waals surface area (Å²) < 4.78 is 16.9. The molecule has 4 aromatic rings. The Morgan fingerprint density at radius 1 is 1.14 bits per heavy atom. The van der Waals surface area contributed by atoms with Crippen LogP contribution in [0.2, 0.25) is 5.02 Å². The van der Waals surface area contributed by atoms with Gasteiger partial charge in [-0.2, -0.15) is 10.2 Å². The Kier molecular flexibility index (Phi) is 5.59. The minimum atomic E-state index is -0.355. The fourth-order valence-electron chi connectivity index (χ4n) is 2.96. The summed E-state index contributed by atoms with van der Waals surface area (Å²) in [6.45, 7) is 5.24. The van der Waals surface area contributed by atoms with Crippen LogP contribution in [0.5, 0.6) is 0 Å². The van der Waals surface area contributed by atoms with Gasteiger partial charge < -0.3 is 5.32 Å². The molecule has 0 spiro atoms. The highest BCUT2D eigenvalue weighted by molar-refractivity contribution is 7.15. The van der Waals surface area contributed by atoms with Crippen molar-refractivity contribution >= 4 is 33.9 Å². The zero-order chi connectivity index (χ0) is 20.4. The quantitative estimate of drug-likeness (QED) is 0.470. The van der Waals surface area contributed by atoms with Crippen LogP contribution in [-0.4, -0.2) is 29.8 Å². The fraction of sp³-hybridized carbons (Fsp3) is 0.263. The maximum atomic E-state index is 13.2. The minimum Gasteiger partial charge on any atom is -0.313 e. The summed E-state index contributed by atoms with van der Waals surface area (Å²) in [6, 6.07) is 8.25. The molecule has 150 valence electrons. The summed E-state index contributed by atoms with van der Waals surface area (Å²) >= 11 is 7.57. The Bertz CT molecular complexity index is 1130. The number of aryl methyl sites for hydroxylation is 4. The zero-order valence-electron chi connectivity index (χ0n) is 15.9. The summed E-state index contributed by atoms with van der Waals surface area (Å²) in [7, 11) is 0. The molecule has 0 unspecified atom stereocenters. The molecular formula is C19H19ClFN7S. The number of anilines is 2. The Morgan fingerprint density at radius 3 is 2.76 bits per heavy atom. The second-order valence-electron chi connectivity index (χ2n) is 6.66. The Morgan fingerprint density at radius 2 is 2.00 bits per heavy atom. The largest absolute Gasteiger partial charge is 0.313 e. The van der Waals surface area contributed by atoms with E-state index in [0.717, 1.165) is 34.9 Å². The van der Waals surface area contributed by atoms with Crippen LogP contribution in [-0.2, 0) is 19.5 Å². The summed E-state index contributed by atoms with van der Waals surface area (Å²) in [5, 5.41) is 22.5. The van der Waals surface area contributed by atoms with E-state index in [2.05, 4.69) is 31.8 Å². The lowest BCUT2D eigenvalue weighted by molar-refractivity contribution is 0.591. The van der Waals surface area contributed by atoms with Gasteiger partial charge in [-0.15, -0.1) is 10.2 Å². The fourth-order valence-corrected chi connectivity index (χ4v) is 3.92. The summed E-state index contributed by atoms with van der Waals surface area (Å²) in [5.41, 5.74) is 2.95. The van der Waals surface area contributed by atoms with Gasteiger partial charge in [0.05, 0.1) is 12.2 Å². The van der Waals surface area contributed by atoms with Crippen molar-refractivity contribution in [2.75, 3.05) is 5.32 Å². The molecule has 0 bridgehead atoms. The highest BCUT2D eigenvalue weighted by Gasteiger charge is 2.09. The first kappa shape index (κ1) is 19.5. The third-order valence-electron chi connectivity index (χ3n) is 4.33. The van der Waals surface area contributed by atoms with E-state index in [1.54, 1.807) is 10.7 Å². The van der Waals surface area contributed by atoms with Crippen molar-refractivity contribution in [3.63, 3.8) is 0 Å². The monoisotopic (exact) mass is 431 g/mol. The number of halogens is 2. The molecule has 0 radical (unpaired) electrons. The molecule has 0 aliphatic heterocycles. The third kappa shape index (κ3) is 4.80. The van der Waals surface area contributed by atoms with E-state index >= 15 is 0 Å². The van der Waals surface area contributed by atoms with Crippen LogP contribution >= 0.6 is 22.9 Å². The van der Waals surface area contributed by atoms with E-state index in [1.165, 1.54) is 23.5 Å². The average molecular weight is 432 g/mol. The molecule has 0 amide bonds. The van der Waals surface area contributed by atoms with E-state index in [4.69, 9.17) is 11.6 Å². The van der Waals surface area contributed by atoms with Crippen molar-refractivity contribution < 1.29 is 4.39 Å². The van der Waals surface area contributed by atoms with Gasteiger partial charge in [0.1, 0.15) is 10.8 Å². The summed E-state index contributed by atoms with van der Waals surface area (Å²) in [6.07, 6.45) is 2.59. The predicted octanol–water partition coefficient (Wildman–Crippen LogP) is 4.38. The third-order valence-corrected chi connectivity index (χ3v) is 5.58. The predicted molar refractivity (Wildman–Crippen MR) is 111 cm³/mol. The number of nitrogens with zero attached hydrogens (tertiary/aromatic N) is 6. The van der Waals surface area contributed by atoms with Crippen LogP contribution in [0.1, 0.15) is 22.0 Å². The van der Waals surface area contributed by atoms with Gasteiger partial charge in [-0.3, -0.25) is 9.36 Å². The lowest BCUT2D eigenvalue weighted by Crippen LogP contribution is -2.05. The highest BCUT2D eigenvalue weighted by Crippen LogP contribution is 2.22. The average Bonchev–Trinajstić information content (AvgIpc) is 3.37. The molecule has 0 saturated heterocycles. The first-order valence-electron chi connectivity index (χ1n) is 9.04. The van der Waals surface area contributed by atoms with Crippen molar-refractivity contribution in [2.24, 2.45) is 0 Å². The second-order valence-corrected chi connectivity index (χ2v) is 8.13. The molecule has 7 nitrogen and oxygen atoms in total. The van der Waals surface area contributed by atoms with E-state index in [1.807, 2.05) is 30.8 Å². The van der Waals surface area contributed by atoms with Crippen molar-refractivity contribution in [3.8, 4) is 0 Å².